The van der Waals surface area contributed by atoms with Crippen molar-refractivity contribution in [2.24, 2.45) is 0 Å². The zero-order chi connectivity index (χ0) is 17.9. The third-order valence-corrected chi connectivity index (χ3v) is 3.38. The lowest BCUT2D eigenvalue weighted by atomic mass is 10.3. The molecule has 0 bridgehead atoms. The van der Waals surface area contributed by atoms with E-state index in [1.807, 2.05) is 0 Å². The minimum Gasteiger partial charge on any atom is -0.447 e. The molecule has 0 radical (unpaired) electrons. The molecule has 24 heavy (non-hydrogen) atoms. The summed E-state index contributed by atoms with van der Waals surface area (Å²) in [6, 6.07) is 6.66. The van der Waals surface area contributed by atoms with Gasteiger partial charge in [0.2, 0.25) is 0 Å². The minimum absolute atomic E-state index is 0.206. The molecule has 2 amide bonds. The summed E-state index contributed by atoms with van der Waals surface area (Å²) in [5, 5.41) is 3.29. The Balaban J connectivity index is 2.68. The van der Waals surface area contributed by atoms with E-state index in [2.05, 4.69) is 28.2 Å². The second-order valence-corrected chi connectivity index (χ2v) is 6.30. The lowest BCUT2D eigenvalue weighted by Crippen LogP contribution is -2.35. The maximum absolute atomic E-state index is 12.3. The highest BCUT2D eigenvalue weighted by Crippen LogP contribution is 2.19. The van der Waals surface area contributed by atoms with E-state index in [-0.39, 0.29) is 6.10 Å². The molecule has 1 aromatic rings. The summed E-state index contributed by atoms with van der Waals surface area (Å²) in [4.78, 5) is 25.5. The molecule has 134 valence electrons. The van der Waals surface area contributed by atoms with Crippen molar-refractivity contribution in [1.82, 2.24) is 4.90 Å². The van der Waals surface area contributed by atoms with Crippen LogP contribution in [0, 0.1) is 0 Å². The van der Waals surface area contributed by atoms with E-state index in [1.54, 1.807) is 43.0 Å². The molecule has 0 saturated heterocycles. The highest BCUT2D eigenvalue weighted by Gasteiger charge is 2.15. The van der Waals surface area contributed by atoms with E-state index in [4.69, 9.17) is 9.47 Å². The Hall–Kier alpha value is -1.76. The predicted molar refractivity (Wildman–Crippen MR) is 98.0 cm³/mol. The first-order valence-corrected chi connectivity index (χ1v) is 9.18. The Morgan fingerprint density at radius 2 is 2.04 bits per heavy atom. The molecule has 0 aliphatic heterocycles. The first-order valence-electron chi connectivity index (χ1n) is 8.06. The largest absolute Gasteiger partial charge is 0.447 e. The monoisotopic (exact) mass is 400 g/mol. The quantitative estimate of drug-likeness (QED) is 0.645. The second-order valence-electron chi connectivity index (χ2n) is 5.50. The van der Waals surface area contributed by atoms with E-state index in [1.165, 1.54) is 0 Å². The molecule has 0 spiro atoms. The molecule has 0 saturated carbocycles. The van der Waals surface area contributed by atoms with Crippen molar-refractivity contribution in [3.8, 4) is 5.75 Å². The predicted octanol–water partition coefficient (Wildman–Crippen LogP) is 4.64. The van der Waals surface area contributed by atoms with Crippen LogP contribution in [0.5, 0.6) is 5.75 Å². The van der Waals surface area contributed by atoms with Crippen molar-refractivity contribution in [2.75, 3.05) is 23.7 Å². The number of rotatable bonds is 8. The number of hydrogen-bond donors (Lipinski definition) is 1. The molecular weight excluding hydrogens is 376 g/mol. The highest BCUT2D eigenvalue weighted by atomic mass is 79.9. The van der Waals surface area contributed by atoms with E-state index in [0.29, 0.717) is 29.9 Å². The topological polar surface area (TPSA) is 67.9 Å². The number of amides is 2. The summed E-state index contributed by atoms with van der Waals surface area (Å²) in [6.45, 7) is 6.85. The Morgan fingerprint density at radius 3 is 2.67 bits per heavy atom. The van der Waals surface area contributed by atoms with Gasteiger partial charge in [-0.2, -0.15) is 0 Å². The second kappa shape index (κ2) is 10.9. The number of carbonyl (C=O) groups excluding carboxylic acids is 2. The zero-order valence-electron chi connectivity index (χ0n) is 14.4. The number of halogens is 1. The zero-order valence-corrected chi connectivity index (χ0v) is 16.0. The van der Waals surface area contributed by atoms with Crippen LogP contribution >= 0.6 is 15.9 Å². The summed E-state index contributed by atoms with van der Waals surface area (Å²) >= 11 is 3.34. The molecule has 0 atom stereocenters. The fourth-order valence-corrected chi connectivity index (χ4v) is 2.34. The highest BCUT2D eigenvalue weighted by molar-refractivity contribution is 9.09. The van der Waals surface area contributed by atoms with Gasteiger partial charge in [-0.1, -0.05) is 35.3 Å². The average Bonchev–Trinajstić information content (AvgIpc) is 2.50. The van der Waals surface area contributed by atoms with E-state index in [0.717, 1.165) is 12.8 Å². The maximum atomic E-state index is 12.3. The van der Waals surface area contributed by atoms with Crippen molar-refractivity contribution in [1.29, 1.82) is 0 Å². The first kappa shape index (κ1) is 20.3. The van der Waals surface area contributed by atoms with Crippen LogP contribution in [0.1, 0.15) is 33.6 Å². The van der Waals surface area contributed by atoms with Gasteiger partial charge in [0.15, 0.2) is 0 Å². The van der Waals surface area contributed by atoms with Crippen molar-refractivity contribution in [3.05, 3.63) is 24.3 Å². The Labute approximate surface area is 151 Å². The number of unbranched alkanes of at least 4 members (excludes halogenated alkanes) is 1. The summed E-state index contributed by atoms with van der Waals surface area (Å²) < 4.78 is 10.4. The van der Waals surface area contributed by atoms with Crippen LogP contribution in [0.2, 0.25) is 0 Å². The number of nitrogens with one attached hydrogen (secondary N) is 1. The van der Waals surface area contributed by atoms with E-state index >= 15 is 0 Å². The molecule has 1 aromatic carbocycles. The number of ether oxygens (including phenoxy) is 2. The van der Waals surface area contributed by atoms with Gasteiger partial charge in [0.1, 0.15) is 5.75 Å². The van der Waals surface area contributed by atoms with Crippen LogP contribution in [0.25, 0.3) is 0 Å². The number of anilines is 1. The van der Waals surface area contributed by atoms with Gasteiger partial charge in [0, 0.05) is 30.2 Å². The van der Waals surface area contributed by atoms with Crippen molar-refractivity contribution < 1.29 is 19.1 Å². The van der Waals surface area contributed by atoms with Crippen LogP contribution in [-0.4, -0.2) is 41.6 Å². The van der Waals surface area contributed by atoms with Crippen LogP contribution in [0.15, 0.2) is 24.3 Å². The summed E-state index contributed by atoms with van der Waals surface area (Å²) in [7, 11) is 0. The van der Waals surface area contributed by atoms with Crippen molar-refractivity contribution in [3.63, 3.8) is 0 Å². The normalized spacial score (nSPS) is 10.4. The van der Waals surface area contributed by atoms with Gasteiger partial charge in [-0.05, 0) is 32.4 Å². The standard InChI is InChI=1S/C17H25BrN2O4/c1-4-5-10-20(11-9-18)17(22)24-15-8-6-7-14(12-15)19-16(21)23-13(2)3/h6-8,12-13H,4-5,9-11H2,1-3H3,(H,19,21). The molecule has 1 N–H and O–H groups in total. The summed E-state index contributed by atoms with van der Waals surface area (Å²) in [6.07, 6.45) is 0.776. The molecule has 0 aliphatic carbocycles. The van der Waals surface area contributed by atoms with Crippen LogP contribution in [0.3, 0.4) is 0 Å². The van der Waals surface area contributed by atoms with Gasteiger partial charge in [0.25, 0.3) is 0 Å². The third-order valence-electron chi connectivity index (χ3n) is 3.02. The fraction of sp³-hybridized carbons (Fsp3) is 0.529. The minimum atomic E-state index is -0.544. The molecule has 0 aliphatic rings. The van der Waals surface area contributed by atoms with E-state index < -0.39 is 12.2 Å². The first-order chi connectivity index (χ1) is 11.5. The van der Waals surface area contributed by atoms with Crippen LogP contribution in [0.4, 0.5) is 15.3 Å². The number of hydrogen-bond acceptors (Lipinski definition) is 4. The van der Waals surface area contributed by atoms with Gasteiger partial charge in [-0.3, -0.25) is 5.32 Å². The van der Waals surface area contributed by atoms with Crippen molar-refractivity contribution in [2.45, 2.75) is 39.7 Å². The lowest BCUT2D eigenvalue weighted by molar-refractivity contribution is 0.130. The molecule has 0 aromatic heterocycles. The summed E-state index contributed by atoms with van der Waals surface area (Å²) in [5.74, 6) is 0.374. The molecule has 6 nitrogen and oxygen atoms in total. The van der Waals surface area contributed by atoms with Gasteiger partial charge in [-0.15, -0.1) is 0 Å². The molecule has 7 heteroatoms. The van der Waals surface area contributed by atoms with E-state index in [9.17, 15) is 9.59 Å². The Bertz CT molecular complexity index is 537. The van der Waals surface area contributed by atoms with Gasteiger partial charge >= 0.3 is 12.2 Å². The molecule has 1 rings (SSSR count). The van der Waals surface area contributed by atoms with Crippen LogP contribution < -0.4 is 10.1 Å². The smallest absolute Gasteiger partial charge is 0.415 e. The Morgan fingerprint density at radius 1 is 1.29 bits per heavy atom. The molecular formula is C17H25BrN2O4. The SMILES string of the molecule is CCCCN(CCBr)C(=O)Oc1cccc(NC(=O)OC(C)C)c1. The number of nitrogens with zero attached hydrogens (tertiary/aromatic N) is 1. The average molecular weight is 401 g/mol. The molecule has 0 heterocycles. The number of benzene rings is 1. The Kier molecular flexibility index (Phi) is 9.22. The van der Waals surface area contributed by atoms with Crippen molar-refractivity contribution >= 4 is 33.8 Å². The van der Waals surface area contributed by atoms with Gasteiger partial charge in [0.05, 0.1) is 6.10 Å². The third kappa shape index (κ3) is 7.68. The van der Waals surface area contributed by atoms with Gasteiger partial charge < -0.3 is 14.4 Å². The fourth-order valence-electron chi connectivity index (χ4n) is 1.91. The summed E-state index contributed by atoms with van der Waals surface area (Å²) in [5.41, 5.74) is 0.506. The molecule has 0 unspecified atom stereocenters. The van der Waals surface area contributed by atoms with Gasteiger partial charge in [-0.25, -0.2) is 9.59 Å². The van der Waals surface area contributed by atoms with Crippen LogP contribution in [-0.2, 0) is 4.74 Å². The lowest BCUT2D eigenvalue weighted by Gasteiger charge is -2.21. The molecule has 0 fully saturated rings. The maximum Gasteiger partial charge on any atom is 0.415 e. The number of alkyl halides is 1. The number of carbonyl (C=O) groups is 2.